The largest absolute Gasteiger partial charge is 0.506 e. The molecule has 22 heavy (non-hydrogen) atoms. The summed E-state index contributed by atoms with van der Waals surface area (Å²) in [5.41, 5.74) is 1.17. The van der Waals surface area contributed by atoms with Crippen molar-refractivity contribution in [3.05, 3.63) is 52.8 Å². The third-order valence-electron chi connectivity index (χ3n) is 3.30. The first-order chi connectivity index (χ1) is 10.5. The van der Waals surface area contributed by atoms with Crippen molar-refractivity contribution in [2.24, 2.45) is 0 Å². The normalized spacial score (nSPS) is 15.7. The van der Waals surface area contributed by atoms with Gasteiger partial charge in [-0.25, -0.2) is 4.90 Å². The van der Waals surface area contributed by atoms with Gasteiger partial charge in [-0.1, -0.05) is 17.7 Å². The van der Waals surface area contributed by atoms with Gasteiger partial charge in [0.2, 0.25) is 5.91 Å². The first kappa shape index (κ1) is 14.2. The van der Waals surface area contributed by atoms with Crippen molar-refractivity contribution in [2.45, 2.75) is 6.92 Å². The van der Waals surface area contributed by atoms with Gasteiger partial charge >= 0.3 is 0 Å². The Kier molecular flexibility index (Phi) is 3.38. The Labute approximate surface area is 130 Å². The van der Waals surface area contributed by atoms with Crippen molar-refractivity contribution in [3.63, 3.8) is 0 Å². The maximum atomic E-state index is 12.5. The fourth-order valence-corrected chi connectivity index (χ4v) is 2.52. The molecule has 0 fully saturated rings. The molecule has 1 aliphatic heterocycles. The van der Waals surface area contributed by atoms with Crippen LogP contribution in [0.1, 0.15) is 18.1 Å². The van der Waals surface area contributed by atoms with E-state index in [4.69, 9.17) is 11.6 Å². The van der Waals surface area contributed by atoms with Gasteiger partial charge in [-0.2, -0.15) is 10.2 Å². The van der Waals surface area contributed by atoms with Gasteiger partial charge in [0.1, 0.15) is 5.76 Å². The minimum Gasteiger partial charge on any atom is -0.506 e. The van der Waals surface area contributed by atoms with E-state index in [0.29, 0.717) is 21.8 Å². The van der Waals surface area contributed by atoms with Crippen LogP contribution < -0.4 is 4.90 Å². The number of hydrogen-bond donors (Lipinski definition) is 1. The summed E-state index contributed by atoms with van der Waals surface area (Å²) in [7, 11) is 0. The van der Waals surface area contributed by atoms with Crippen LogP contribution in [0.4, 0.5) is 5.69 Å². The Balaban J connectivity index is 2.27. The highest BCUT2D eigenvalue weighted by molar-refractivity contribution is 6.43. The van der Waals surface area contributed by atoms with Crippen molar-refractivity contribution in [3.8, 4) is 0 Å². The molecular formula is C15H10ClN3O3. The van der Waals surface area contributed by atoms with E-state index < -0.39 is 11.8 Å². The van der Waals surface area contributed by atoms with Gasteiger partial charge in [-0.3, -0.25) is 9.59 Å². The highest BCUT2D eigenvalue weighted by atomic mass is 35.5. The number of carbonyl (C=O) groups is 2. The molecule has 0 bridgehead atoms. The van der Waals surface area contributed by atoms with Gasteiger partial charge < -0.3 is 5.11 Å². The highest BCUT2D eigenvalue weighted by Gasteiger charge is 2.37. The van der Waals surface area contributed by atoms with Gasteiger partial charge in [0, 0.05) is 23.1 Å². The van der Waals surface area contributed by atoms with Crippen LogP contribution in [0, 0.1) is 0 Å². The maximum Gasteiger partial charge on any atom is 0.269 e. The zero-order valence-electron chi connectivity index (χ0n) is 11.4. The second-order valence-electron chi connectivity index (χ2n) is 4.68. The molecule has 1 aliphatic rings. The molecule has 2 aromatic rings. The summed E-state index contributed by atoms with van der Waals surface area (Å²) in [5, 5.41) is 18.1. The van der Waals surface area contributed by atoms with Gasteiger partial charge in [-0.05, 0) is 18.2 Å². The van der Waals surface area contributed by atoms with Crippen molar-refractivity contribution < 1.29 is 14.7 Å². The second kappa shape index (κ2) is 5.23. The van der Waals surface area contributed by atoms with Crippen LogP contribution in [-0.2, 0) is 9.59 Å². The average molecular weight is 316 g/mol. The molecule has 110 valence electrons. The van der Waals surface area contributed by atoms with Gasteiger partial charge in [0.25, 0.3) is 5.91 Å². The summed E-state index contributed by atoms with van der Waals surface area (Å²) < 4.78 is 0. The molecule has 0 atom stereocenters. The molecule has 0 spiro atoms. The Hall–Kier alpha value is -2.73. The molecule has 0 aliphatic carbocycles. The lowest BCUT2D eigenvalue weighted by molar-refractivity contribution is -0.122. The van der Waals surface area contributed by atoms with Gasteiger partial charge in [-0.15, -0.1) is 0 Å². The summed E-state index contributed by atoms with van der Waals surface area (Å²) in [5.74, 6) is -1.31. The molecule has 0 radical (unpaired) electrons. The summed E-state index contributed by atoms with van der Waals surface area (Å²) in [4.78, 5) is 25.3. The van der Waals surface area contributed by atoms with E-state index in [0.717, 1.165) is 4.90 Å². The van der Waals surface area contributed by atoms with E-state index in [1.54, 1.807) is 12.1 Å². The molecule has 0 unspecified atom stereocenters. The van der Waals surface area contributed by atoms with Crippen molar-refractivity contribution >= 4 is 40.4 Å². The van der Waals surface area contributed by atoms with Gasteiger partial charge in [0.15, 0.2) is 0 Å². The molecule has 3 rings (SSSR count). The third-order valence-corrected chi connectivity index (χ3v) is 3.53. The van der Waals surface area contributed by atoms with E-state index in [2.05, 4.69) is 10.2 Å². The fraction of sp³-hybridized carbons (Fsp3) is 0.0667. The van der Waals surface area contributed by atoms with Crippen LogP contribution in [0.5, 0.6) is 0 Å². The number of aliphatic hydroxyl groups is 1. The molecule has 1 N–H and O–H groups in total. The zero-order valence-corrected chi connectivity index (χ0v) is 12.2. The number of hydrogen-bond acceptors (Lipinski definition) is 5. The van der Waals surface area contributed by atoms with Gasteiger partial charge in [0.05, 0.1) is 23.7 Å². The minimum absolute atomic E-state index is 0.0369. The first-order valence-electron chi connectivity index (χ1n) is 6.36. The van der Waals surface area contributed by atoms with Crippen LogP contribution >= 0.6 is 11.6 Å². The summed E-state index contributed by atoms with van der Waals surface area (Å²) in [6, 6.07) is 6.23. The lowest BCUT2D eigenvalue weighted by Crippen LogP contribution is -2.31. The molecule has 0 saturated carbocycles. The van der Waals surface area contributed by atoms with Crippen LogP contribution in [0.25, 0.3) is 11.3 Å². The molecule has 2 amide bonds. The minimum atomic E-state index is -0.598. The smallest absolute Gasteiger partial charge is 0.269 e. The predicted molar refractivity (Wildman–Crippen MR) is 81.1 cm³/mol. The first-order valence-corrected chi connectivity index (χ1v) is 6.73. The molecule has 0 saturated heterocycles. The number of benzene rings is 1. The molecular weight excluding hydrogens is 306 g/mol. The maximum absolute atomic E-state index is 12.5. The quantitative estimate of drug-likeness (QED) is 0.645. The number of rotatable bonds is 1. The van der Waals surface area contributed by atoms with Crippen molar-refractivity contribution in [1.82, 2.24) is 10.2 Å². The molecule has 1 aromatic heterocycles. The SMILES string of the molecule is CC(=O)N1C(=O)C(=C(O)c2ccnnc2)c2ccc(Cl)cc21. The third kappa shape index (κ3) is 2.14. The summed E-state index contributed by atoms with van der Waals surface area (Å²) in [6.45, 7) is 1.27. The van der Waals surface area contributed by atoms with E-state index in [9.17, 15) is 14.7 Å². The van der Waals surface area contributed by atoms with E-state index in [1.165, 1.54) is 31.5 Å². The number of aromatic nitrogens is 2. The standard InChI is InChI=1S/C15H10ClN3O3/c1-8(20)19-12-6-10(16)2-3-11(12)13(15(19)22)14(21)9-4-5-17-18-7-9/h2-7,21H,1H3. The average Bonchev–Trinajstić information content (AvgIpc) is 2.78. The number of anilines is 1. The van der Waals surface area contributed by atoms with E-state index in [1.807, 2.05) is 0 Å². The van der Waals surface area contributed by atoms with Crippen LogP contribution in [0.3, 0.4) is 0 Å². The monoisotopic (exact) mass is 315 g/mol. The molecule has 7 heteroatoms. The van der Waals surface area contributed by atoms with E-state index >= 15 is 0 Å². The Morgan fingerprint density at radius 1 is 1.27 bits per heavy atom. The molecule has 1 aromatic carbocycles. The molecule has 6 nitrogen and oxygen atoms in total. The second-order valence-corrected chi connectivity index (χ2v) is 5.11. The number of aliphatic hydroxyl groups excluding tert-OH is 1. The van der Waals surface area contributed by atoms with Crippen molar-refractivity contribution in [1.29, 1.82) is 0 Å². The number of nitrogens with zero attached hydrogens (tertiary/aromatic N) is 3. The summed E-state index contributed by atoms with van der Waals surface area (Å²) in [6.07, 6.45) is 2.73. The number of fused-ring (bicyclic) bond motifs is 1. The van der Waals surface area contributed by atoms with Crippen LogP contribution in [-0.4, -0.2) is 27.1 Å². The summed E-state index contributed by atoms with van der Waals surface area (Å²) >= 11 is 5.94. The number of carbonyl (C=O) groups excluding carboxylic acids is 2. The van der Waals surface area contributed by atoms with Crippen molar-refractivity contribution in [2.75, 3.05) is 4.90 Å². The highest BCUT2D eigenvalue weighted by Crippen LogP contribution is 2.41. The lowest BCUT2D eigenvalue weighted by atomic mass is 10.0. The Bertz CT molecular complexity index is 818. The molecule has 2 heterocycles. The Morgan fingerprint density at radius 3 is 2.68 bits per heavy atom. The van der Waals surface area contributed by atoms with Crippen LogP contribution in [0.15, 0.2) is 36.7 Å². The Morgan fingerprint density at radius 2 is 2.05 bits per heavy atom. The lowest BCUT2D eigenvalue weighted by Gasteiger charge is -2.12. The predicted octanol–water partition coefficient (Wildman–Crippen LogP) is 2.45. The number of halogens is 1. The number of imide groups is 1. The van der Waals surface area contributed by atoms with E-state index in [-0.39, 0.29) is 11.3 Å². The van der Waals surface area contributed by atoms with Crippen LogP contribution in [0.2, 0.25) is 5.02 Å². The topological polar surface area (TPSA) is 83.4 Å². The number of amides is 2. The zero-order chi connectivity index (χ0) is 15.9. The fourth-order valence-electron chi connectivity index (χ4n) is 2.35.